The topological polar surface area (TPSA) is 58.9 Å². The molecule has 0 aliphatic carbocycles. The van der Waals surface area contributed by atoms with Gasteiger partial charge in [0.15, 0.2) is 0 Å². The van der Waals surface area contributed by atoms with E-state index in [9.17, 15) is 5.11 Å². The van der Waals surface area contributed by atoms with E-state index in [1.807, 2.05) is 76.2 Å². The van der Waals surface area contributed by atoms with Crippen molar-refractivity contribution in [2.45, 2.75) is 65.0 Å². The van der Waals surface area contributed by atoms with Crippen LogP contribution in [-0.2, 0) is 9.31 Å². The summed E-state index contributed by atoms with van der Waals surface area (Å²) in [5, 5.41) is 18.7. The largest absolute Gasteiger partial charge is 0.494 e. The van der Waals surface area contributed by atoms with Gasteiger partial charge >= 0.3 is 7.12 Å². The molecule has 2 atom stereocenters. The molecular weight excluding hydrogens is 419 g/mol. The van der Waals surface area contributed by atoms with Gasteiger partial charge in [0.25, 0.3) is 0 Å². The van der Waals surface area contributed by atoms with E-state index in [2.05, 4.69) is 15.9 Å². The highest BCUT2D eigenvalue weighted by Gasteiger charge is 2.51. The molecule has 1 aliphatic heterocycles. The Morgan fingerprint density at radius 3 is 1.71 bits per heavy atom. The number of aliphatic hydroxyl groups is 2. The minimum atomic E-state index is -0.479. The van der Waals surface area contributed by atoms with Gasteiger partial charge in [0.2, 0.25) is 0 Å². The van der Waals surface area contributed by atoms with E-state index in [0.29, 0.717) is 0 Å². The lowest BCUT2D eigenvalue weighted by atomic mass is 9.78. The zero-order chi connectivity index (χ0) is 21.1. The van der Waals surface area contributed by atoms with E-state index in [4.69, 9.17) is 14.4 Å². The zero-order valence-corrected chi connectivity index (χ0v) is 19.0. The lowest BCUT2D eigenvalue weighted by Crippen LogP contribution is -2.41. The third-order valence-electron chi connectivity index (χ3n) is 5.25. The summed E-state index contributed by atoms with van der Waals surface area (Å²) >= 11 is 3.32. The highest BCUT2D eigenvalue weighted by atomic mass is 79.9. The molecule has 0 bridgehead atoms. The predicted molar refractivity (Wildman–Crippen MR) is 118 cm³/mol. The van der Waals surface area contributed by atoms with Gasteiger partial charge < -0.3 is 19.5 Å². The van der Waals surface area contributed by atoms with Crippen LogP contribution in [0.4, 0.5) is 0 Å². The van der Waals surface area contributed by atoms with Gasteiger partial charge in [0.05, 0.1) is 23.4 Å². The second-order valence-electron chi connectivity index (χ2n) is 8.17. The van der Waals surface area contributed by atoms with Gasteiger partial charge in [0, 0.05) is 4.47 Å². The van der Waals surface area contributed by atoms with Crippen LogP contribution in [0.15, 0.2) is 53.0 Å². The van der Waals surface area contributed by atoms with Crippen LogP contribution < -0.4 is 5.46 Å². The van der Waals surface area contributed by atoms with Crippen molar-refractivity contribution in [1.29, 1.82) is 0 Å². The lowest BCUT2D eigenvalue weighted by molar-refractivity contribution is 0.00578. The molecule has 4 nitrogen and oxygen atoms in total. The number of benzene rings is 2. The molecule has 152 valence electrons. The summed E-state index contributed by atoms with van der Waals surface area (Å²) < 4.78 is 13.0. The van der Waals surface area contributed by atoms with E-state index in [1.54, 1.807) is 13.8 Å². The van der Waals surface area contributed by atoms with Crippen LogP contribution >= 0.6 is 15.9 Å². The van der Waals surface area contributed by atoms with Crippen LogP contribution in [0.5, 0.6) is 0 Å². The molecular formula is C22H30BBrO4. The maximum Gasteiger partial charge on any atom is 0.494 e. The van der Waals surface area contributed by atoms with Crippen LogP contribution in [0.25, 0.3) is 0 Å². The summed E-state index contributed by atoms with van der Waals surface area (Å²) in [6.07, 6.45) is -0.857. The Labute approximate surface area is 177 Å². The van der Waals surface area contributed by atoms with Crippen molar-refractivity contribution < 1.29 is 19.5 Å². The van der Waals surface area contributed by atoms with E-state index in [0.717, 1.165) is 21.1 Å². The van der Waals surface area contributed by atoms with Gasteiger partial charge in [-0.1, -0.05) is 52.3 Å². The van der Waals surface area contributed by atoms with Gasteiger partial charge in [-0.3, -0.25) is 0 Å². The summed E-state index contributed by atoms with van der Waals surface area (Å²) in [4.78, 5) is 0. The molecule has 0 unspecified atom stereocenters. The molecule has 28 heavy (non-hydrogen) atoms. The molecule has 2 aromatic rings. The molecule has 1 heterocycles. The van der Waals surface area contributed by atoms with Crippen LogP contribution in [0.1, 0.15) is 64.9 Å². The van der Waals surface area contributed by atoms with Crippen LogP contribution in [0.3, 0.4) is 0 Å². The Hall–Kier alpha value is -1.18. The molecule has 0 saturated carbocycles. The number of hydrogen-bond acceptors (Lipinski definition) is 4. The Kier molecular flexibility index (Phi) is 7.51. The number of hydrogen-bond donors (Lipinski definition) is 2. The molecule has 2 N–H and O–H groups in total. The van der Waals surface area contributed by atoms with Crippen molar-refractivity contribution in [2.75, 3.05) is 0 Å². The Balaban J connectivity index is 0.000000237. The van der Waals surface area contributed by atoms with Gasteiger partial charge in [-0.2, -0.15) is 0 Å². The average molecular weight is 449 g/mol. The van der Waals surface area contributed by atoms with Gasteiger partial charge in [-0.05, 0) is 70.3 Å². The Bertz CT molecular complexity index is 774. The standard InChI is InChI=1S/C14H21BO3.C8H9BrO/c1-10(16)11-7-6-8-12(9-11)15-17-13(2,3)14(4,5)18-15;1-6(10)7-3-2-4-8(9)5-7/h6-10,16H,1-5H3;2-6,10H,1H3/t10-;6-/m10/s1. The normalized spacial score (nSPS) is 19.5. The van der Waals surface area contributed by atoms with Crippen LogP contribution in [0.2, 0.25) is 0 Å². The van der Waals surface area contributed by atoms with Gasteiger partial charge in [-0.25, -0.2) is 0 Å². The molecule has 1 fully saturated rings. The summed E-state index contributed by atoms with van der Waals surface area (Å²) in [7, 11) is -0.367. The monoisotopic (exact) mass is 448 g/mol. The molecule has 2 aromatic carbocycles. The average Bonchev–Trinajstić information content (AvgIpc) is 2.83. The molecule has 0 radical (unpaired) electrons. The van der Waals surface area contributed by atoms with Crippen LogP contribution in [-0.4, -0.2) is 28.5 Å². The Morgan fingerprint density at radius 2 is 1.29 bits per heavy atom. The second-order valence-corrected chi connectivity index (χ2v) is 9.08. The molecule has 0 aromatic heterocycles. The third kappa shape index (κ3) is 5.68. The van der Waals surface area contributed by atoms with Crippen molar-refractivity contribution in [3.05, 3.63) is 64.1 Å². The molecule has 3 rings (SSSR count). The van der Waals surface area contributed by atoms with Gasteiger partial charge in [-0.15, -0.1) is 0 Å². The minimum absolute atomic E-state index is 0.335. The summed E-state index contributed by atoms with van der Waals surface area (Å²) in [5.74, 6) is 0. The van der Waals surface area contributed by atoms with E-state index < -0.39 is 6.10 Å². The SMILES string of the molecule is C[C@@H](O)c1cccc(B2OC(C)(C)C(C)(C)O2)c1.C[C@H](O)c1cccc(Br)c1. The number of aliphatic hydroxyl groups excluding tert-OH is 2. The fourth-order valence-electron chi connectivity index (χ4n) is 2.71. The quantitative estimate of drug-likeness (QED) is 0.676. The lowest BCUT2D eigenvalue weighted by Gasteiger charge is -2.32. The summed E-state index contributed by atoms with van der Waals surface area (Å²) in [6, 6.07) is 15.4. The van der Waals surface area contributed by atoms with Crippen molar-refractivity contribution >= 4 is 28.5 Å². The second kappa shape index (κ2) is 9.10. The fraction of sp³-hybridized carbons (Fsp3) is 0.455. The molecule has 0 spiro atoms. The first-order chi connectivity index (χ1) is 12.9. The molecule has 1 aliphatic rings. The summed E-state index contributed by atoms with van der Waals surface area (Å²) in [6.45, 7) is 11.6. The smallest absolute Gasteiger partial charge is 0.399 e. The van der Waals surface area contributed by atoms with Crippen molar-refractivity contribution in [1.82, 2.24) is 0 Å². The van der Waals surface area contributed by atoms with E-state index >= 15 is 0 Å². The van der Waals surface area contributed by atoms with Crippen molar-refractivity contribution in [2.24, 2.45) is 0 Å². The predicted octanol–water partition coefficient (Wildman–Crippen LogP) is 4.54. The molecule has 0 amide bonds. The summed E-state index contributed by atoms with van der Waals surface area (Å²) in [5.41, 5.74) is 2.10. The van der Waals surface area contributed by atoms with Crippen molar-refractivity contribution in [3.63, 3.8) is 0 Å². The highest BCUT2D eigenvalue weighted by molar-refractivity contribution is 9.10. The van der Waals surface area contributed by atoms with Gasteiger partial charge in [0.1, 0.15) is 0 Å². The highest BCUT2D eigenvalue weighted by Crippen LogP contribution is 2.36. The maximum absolute atomic E-state index is 9.61. The molecule has 6 heteroatoms. The number of rotatable bonds is 3. The minimum Gasteiger partial charge on any atom is -0.399 e. The molecule has 1 saturated heterocycles. The number of halogens is 1. The van der Waals surface area contributed by atoms with Crippen LogP contribution in [0, 0.1) is 0 Å². The van der Waals surface area contributed by atoms with E-state index in [-0.39, 0.29) is 24.4 Å². The first-order valence-corrected chi connectivity index (χ1v) is 10.3. The maximum atomic E-state index is 9.61. The zero-order valence-electron chi connectivity index (χ0n) is 17.4. The third-order valence-corrected chi connectivity index (χ3v) is 5.74. The first-order valence-electron chi connectivity index (χ1n) is 9.50. The Morgan fingerprint density at radius 1 is 0.821 bits per heavy atom. The van der Waals surface area contributed by atoms with E-state index in [1.165, 1.54) is 0 Å². The fourth-order valence-corrected chi connectivity index (χ4v) is 3.13. The van der Waals surface area contributed by atoms with Crippen molar-refractivity contribution in [3.8, 4) is 0 Å². The first kappa shape index (κ1) is 23.1.